The van der Waals surface area contributed by atoms with Gasteiger partial charge in [-0.3, -0.25) is 28.7 Å². The van der Waals surface area contributed by atoms with Crippen LogP contribution in [0.2, 0.25) is 0 Å². The number of H-pyrrole nitrogens is 4. The van der Waals surface area contributed by atoms with Gasteiger partial charge in [0.15, 0.2) is 40.6 Å². The van der Waals surface area contributed by atoms with Crippen LogP contribution in [0.15, 0.2) is 64.3 Å². The standard InChI is InChI=1S/C14H17N3O9.C9H13N3O5.C5H4N4S.C5H4N4/c1-6(18)23-5-9-11(24-7(2)19)12(25-8(3)20)13(26-9)17-14(22)16-10(21)4-15-17;10-5-1-2-12(9(16)11-5)8-7(15)6(14)4(3-13)17-8;10-5-3-4(7-1-6-3)8-2-9-5;1-4-5(8-2-6-1)9-3-7-4/h4,9,11-13H,5H2,1-3H3,(H,16,21,22);1-2,4,6-8,13-15H,3H2,(H2,10,11,16);1-2H,(H2,6,7,8,9,10);1-3H,(H,6,7,8,9)/t9-,11-,12-,13-;4-,6-,7+,8-;;/m11../s1. The molecule has 0 radical (unpaired) electrons. The van der Waals surface area contributed by atoms with E-state index >= 15 is 0 Å². The molecule has 8 heterocycles. The molecule has 28 nitrogen and oxygen atoms in total. The Balaban J connectivity index is 0.000000171. The molecule has 8 rings (SSSR count). The van der Waals surface area contributed by atoms with Crippen LogP contribution < -0.4 is 22.7 Å². The first kappa shape index (κ1) is 45.9. The van der Waals surface area contributed by atoms with Crippen molar-refractivity contribution in [3.05, 3.63) is 85.9 Å². The van der Waals surface area contributed by atoms with Gasteiger partial charge in [0.1, 0.15) is 60.4 Å². The average molecular weight is 887 g/mol. The van der Waals surface area contributed by atoms with Crippen LogP contribution in [0.25, 0.3) is 22.3 Å². The molecule has 2 aliphatic rings. The number of aromatic amines is 4. The summed E-state index contributed by atoms with van der Waals surface area (Å²) in [5.74, 6) is -1.99. The number of hydrogen-bond acceptors (Lipinski definition) is 23. The van der Waals surface area contributed by atoms with E-state index in [1.807, 2.05) is 4.98 Å². The maximum Gasteiger partial charge on any atom is 0.351 e. The second-order valence-corrected chi connectivity index (χ2v) is 13.1. The Morgan fingerprint density at radius 2 is 1.56 bits per heavy atom. The molecule has 6 aromatic rings. The fourth-order valence-corrected chi connectivity index (χ4v) is 5.84. The summed E-state index contributed by atoms with van der Waals surface area (Å²) in [6.45, 7) is 2.64. The molecule has 0 saturated carbocycles. The van der Waals surface area contributed by atoms with Gasteiger partial charge in [-0.2, -0.15) is 14.8 Å². The molecular formula is C33H38N14O14S. The van der Waals surface area contributed by atoms with Crippen molar-refractivity contribution in [2.24, 2.45) is 0 Å². The van der Waals surface area contributed by atoms with Gasteiger partial charge in [-0.05, 0) is 6.07 Å². The van der Waals surface area contributed by atoms with Crippen LogP contribution in [0, 0.1) is 4.64 Å². The SMILES string of the molecule is CC(=O)OC[C@H]1O[C@@H](n2ncc(=O)[nH]c2=O)[C@H](OC(C)=O)[C@@H]1OC(C)=O.Nc1ccn([C@@H]2O[C@H](CO)[C@@H](O)[C@@H]2O)c(=O)n1.S=c1nc[nH]c2nc[nH]c12.c1ncc2[nH]cnc2n1. The summed E-state index contributed by atoms with van der Waals surface area (Å²) >= 11 is 4.91. The predicted octanol–water partition coefficient (Wildman–Crippen LogP) is -2.94. The van der Waals surface area contributed by atoms with Crippen LogP contribution in [0.1, 0.15) is 33.2 Å². The molecule has 2 saturated heterocycles. The number of nitrogen functional groups attached to an aromatic ring is 1. The number of aromatic nitrogens is 13. The van der Waals surface area contributed by atoms with Crippen LogP contribution in [0.5, 0.6) is 0 Å². The molecule has 0 amide bonds. The van der Waals surface area contributed by atoms with Gasteiger partial charge in [0.25, 0.3) is 5.56 Å². The van der Waals surface area contributed by atoms with Crippen LogP contribution in [-0.2, 0) is 38.1 Å². The molecule has 2 aliphatic heterocycles. The average Bonchev–Trinajstić information content (AvgIpc) is 4.02. The maximum atomic E-state index is 12.0. The summed E-state index contributed by atoms with van der Waals surface area (Å²) in [4.78, 5) is 102. The van der Waals surface area contributed by atoms with Crippen LogP contribution >= 0.6 is 12.2 Å². The summed E-state index contributed by atoms with van der Waals surface area (Å²) in [6.07, 6.45) is 0.676. The molecule has 62 heavy (non-hydrogen) atoms. The third-order valence-corrected chi connectivity index (χ3v) is 8.61. The van der Waals surface area contributed by atoms with Crippen LogP contribution in [0.3, 0.4) is 0 Å². The minimum Gasteiger partial charge on any atom is -0.463 e. The Bertz CT molecular complexity index is 2690. The highest BCUT2D eigenvalue weighted by Crippen LogP contribution is 2.33. The number of nitrogens with one attached hydrogen (secondary N) is 4. The Morgan fingerprint density at radius 1 is 0.871 bits per heavy atom. The number of aliphatic hydroxyl groups is 3. The molecule has 29 heteroatoms. The summed E-state index contributed by atoms with van der Waals surface area (Å²) in [6, 6.07) is 1.37. The lowest BCUT2D eigenvalue weighted by Crippen LogP contribution is -2.43. The second kappa shape index (κ2) is 20.9. The Morgan fingerprint density at radius 3 is 2.19 bits per heavy atom. The lowest BCUT2D eigenvalue weighted by Gasteiger charge is -2.23. The number of carbonyl (C=O) groups is 3. The van der Waals surface area contributed by atoms with Crippen LogP contribution in [0.4, 0.5) is 5.82 Å². The van der Waals surface area contributed by atoms with Gasteiger partial charge in [-0.15, -0.1) is 0 Å². The van der Waals surface area contributed by atoms with E-state index in [4.69, 9.17) is 46.7 Å². The molecule has 330 valence electrons. The summed E-state index contributed by atoms with van der Waals surface area (Å²) in [7, 11) is 0. The van der Waals surface area contributed by atoms with Crippen molar-refractivity contribution in [2.45, 2.75) is 69.9 Å². The topological polar surface area (TPSA) is 399 Å². The van der Waals surface area contributed by atoms with Crippen molar-refractivity contribution in [1.29, 1.82) is 0 Å². The zero-order chi connectivity index (χ0) is 45.1. The number of esters is 3. The smallest absolute Gasteiger partial charge is 0.351 e. The number of nitrogens with two attached hydrogens (primary N) is 1. The lowest BCUT2D eigenvalue weighted by molar-refractivity contribution is -0.166. The van der Waals surface area contributed by atoms with Gasteiger partial charge < -0.3 is 59.7 Å². The van der Waals surface area contributed by atoms with Crippen molar-refractivity contribution in [1.82, 2.24) is 64.2 Å². The molecule has 8 atom stereocenters. The Labute approximate surface area is 350 Å². The van der Waals surface area contributed by atoms with E-state index in [0.717, 1.165) is 46.0 Å². The number of aliphatic hydroxyl groups excluding tert-OH is 3. The van der Waals surface area contributed by atoms with E-state index in [1.54, 1.807) is 18.9 Å². The van der Waals surface area contributed by atoms with Gasteiger partial charge in [-0.25, -0.2) is 34.5 Å². The molecule has 0 aliphatic carbocycles. The van der Waals surface area contributed by atoms with E-state index in [1.165, 1.54) is 31.8 Å². The number of rotatable bonds is 7. The molecule has 9 N–H and O–H groups in total. The van der Waals surface area contributed by atoms with E-state index in [9.17, 15) is 39.0 Å². The summed E-state index contributed by atoms with van der Waals surface area (Å²) in [5.41, 5.74) is 6.10. The molecular weight excluding hydrogens is 849 g/mol. The number of anilines is 1. The second-order valence-electron chi connectivity index (χ2n) is 12.7. The van der Waals surface area contributed by atoms with E-state index in [0.29, 0.717) is 10.3 Å². The summed E-state index contributed by atoms with van der Waals surface area (Å²) < 4.78 is 28.2. The molecule has 2 fully saturated rings. The van der Waals surface area contributed by atoms with Crippen molar-refractivity contribution >= 4 is 58.3 Å². The fraction of sp³-hybridized carbons (Fsp3) is 0.394. The zero-order valence-corrected chi connectivity index (χ0v) is 33.3. The van der Waals surface area contributed by atoms with Crippen molar-refractivity contribution in [3.8, 4) is 0 Å². The molecule has 0 aromatic carbocycles. The number of fused-ring (bicyclic) bond motifs is 2. The van der Waals surface area contributed by atoms with E-state index in [2.05, 4.69) is 50.0 Å². The lowest BCUT2D eigenvalue weighted by atomic mass is 10.1. The van der Waals surface area contributed by atoms with Gasteiger partial charge in [-0.1, -0.05) is 12.2 Å². The Hall–Kier alpha value is -7.18. The third kappa shape index (κ3) is 11.5. The van der Waals surface area contributed by atoms with Gasteiger partial charge >= 0.3 is 29.3 Å². The number of nitrogens with zero attached hydrogens (tertiary/aromatic N) is 9. The first-order valence-electron chi connectivity index (χ1n) is 17.8. The normalized spacial score (nSPS) is 22.5. The highest BCUT2D eigenvalue weighted by molar-refractivity contribution is 7.71. The van der Waals surface area contributed by atoms with Gasteiger partial charge in [0, 0.05) is 27.0 Å². The zero-order valence-electron chi connectivity index (χ0n) is 32.5. The third-order valence-electron chi connectivity index (χ3n) is 8.30. The number of imidazole rings is 2. The quantitative estimate of drug-likeness (QED) is 0.0451. The van der Waals surface area contributed by atoms with E-state index in [-0.39, 0.29) is 12.4 Å². The van der Waals surface area contributed by atoms with Gasteiger partial charge in [0.2, 0.25) is 0 Å². The summed E-state index contributed by atoms with van der Waals surface area (Å²) in [5, 5.41) is 31.8. The predicted molar refractivity (Wildman–Crippen MR) is 207 cm³/mol. The molecule has 0 bridgehead atoms. The molecule has 6 aromatic heterocycles. The highest BCUT2D eigenvalue weighted by atomic mass is 32.1. The van der Waals surface area contributed by atoms with Gasteiger partial charge in [0.05, 0.1) is 31.8 Å². The fourth-order valence-electron chi connectivity index (χ4n) is 5.64. The van der Waals surface area contributed by atoms with Crippen molar-refractivity contribution in [2.75, 3.05) is 18.9 Å². The Kier molecular flexibility index (Phi) is 15.5. The van der Waals surface area contributed by atoms with Crippen LogP contribution in [-0.4, -0.2) is 147 Å². The first-order chi connectivity index (χ1) is 29.6. The van der Waals surface area contributed by atoms with Crippen molar-refractivity contribution < 1.29 is 53.4 Å². The van der Waals surface area contributed by atoms with Crippen molar-refractivity contribution in [3.63, 3.8) is 0 Å². The number of carbonyl (C=O) groups excluding carboxylic acids is 3. The largest absolute Gasteiger partial charge is 0.463 e. The number of ether oxygens (including phenoxy) is 5. The molecule has 0 unspecified atom stereocenters. The maximum absolute atomic E-state index is 12.0. The first-order valence-corrected chi connectivity index (χ1v) is 18.2. The van der Waals surface area contributed by atoms with E-state index < -0.39 is 90.5 Å². The minimum atomic E-state index is -1.31. The monoisotopic (exact) mass is 886 g/mol. The molecule has 0 spiro atoms. The minimum absolute atomic E-state index is 0.0537. The number of hydrogen-bond donors (Lipinski definition) is 8. The highest BCUT2D eigenvalue weighted by Gasteiger charge is 2.51.